The Morgan fingerprint density at radius 3 is 2.46 bits per heavy atom. The summed E-state index contributed by atoms with van der Waals surface area (Å²) in [6.45, 7) is 3.84. The molecule has 1 aliphatic heterocycles. The molecule has 0 atom stereocenters. The molecule has 28 heavy (non-hydrogen) atoms. The highest BCUT2D eigenvalue weighted by Crippen LogP contribution is 2.18. The maximum Gasteiger partial charge on any atom is 0.141 e. The molecule has 0 saturated heterocycles. The molecule has 138 valence electrons. The highest BCUT2D eigenvalue weighted by Gasteiger charge is 2.06. The van der Waals surface area contributed by atoms with Crippen LogP contribution in [-0.2, 0) is 0 Å². The quantitative estimate of drug-likeness (QED) is 0.614. The molecule has 1 N–H and O–H groups in total. The molecule has 0 fully saturated rings. The van der Waals surface area contributed by atoms with E-state index in [0.29, 0.717) is 0 Å². The number of aryl methyl sites for hydroxylation is 2. The summed E-state index contributed by atoms with van der Waals surface area (Å²) < 4.78 is 5.18. The van der Waals surface area contributed by atoms with Crippen molar-refractivity contribution in [3.8, 4) is 0 Å². The lowest BCUT2D eigenvalue weighted by Gasteiger charge is -1.92. The second-order valence-corrected chi connectivity index (χ2v) is 6.62. The molecule has 0 spiro atoms. The van der Waals surface area contributed by atoms with Crippen LogP contribution in [0.1, 0.15) is 34.0 Å². The van der Waals surface area contributed by atoms with Gasteiger partial charge in [-0.1, -0.05) is 41.6 Å². The van der Waals surface area contributed by atoms with Gasteiger partial charge in [0, 0.05) is 17.0 Å². The number of aromatic amines is 1. The normalized spacial score (nSPS) is 15.4. The number of hydrogen-bond donors (Lipinski definition) is 1. The Balaban J connectivity index is 1.45. The Bertz CT molecular complexity index is 1100. The number of hydrogen-bond acceptors (Lipinski definition) is 3. The summed E-state index contributed by atoms with van der Waals surface area (Å²) in [5.74, 6) is 0.814. The number of nitrogens with zero attached hydrogens (tertiary/aromatic N) is 2. The van der Waals surface area contributed by atoms with E-state index in [9.17, 15) is 0 Å². The van der Waals surface area contributed by atoms with E-state index < -0.39 is 0 Å². The van der Waals surface area contributed by atoms with Gasteiger partial charge in [-0.05, 0) is 68.0 Å². The smallest absolute Gasteiger partial charge is 0.141 e. The fourth-order valence-corrected chi connectivity index (χ4v) is 2.98. The predicted molar refractivity (Wildman–Crippen MR) is 116 cm³/mol. The molecule has 3 heterocycles. The highest BCUT2D eigenvalue weighted by atomic mass is 16.5. The van der Waals surface area contributed by atoms with Crippen molar-refractivity contribution >= 4 is 30.0 Å². The van der Waals surface area contributed by atoms with Crippen LogP contribution in [0.2, 0.25) is 0 Å². The summed E-state index contributed by atoms with van der Waals surface area (Å²) in [4.78, 5) is 8.03. The van der Waals surface area contributed by atoms with Crippen molar-refractivity contribution in [1.82, 2.24) is 10.1 Å². The summed E-state index contributed by atoms with van der Waals surface area (Å²) in [6, 6.07) is 14.4. The third kappa shape index (κ3) is 4.18. The van der Waals surface area contributed by atoms with Gasteiger partial charge in [0.25, 0.3) is 0 Å². The van der Waals surface area contributed by atoms with E-state index in [1.54, 1.807) is 0 Å². The fraction of sp³-hybridized carbons (Fsp3) is 0.0833. The maximum absolute atomic E-state index is 5.18. The molecule has 4 rings (SSSR count). The third-order valence-corrected chi connectivity index (χ3v) is 4.48. The van der Waals surface area contributed by atoms with Crippen molar-refractivity contribution in [2.45, 2.75) is 13.8 Å². The Morgan fingerprint density at radius 2 is 1.68 bits per heavy atom. The van der Waals surface area contributed by atoms with E-state index >= 15 is 0 Å². The number of rotatable bonds is 5. The van der Waals surface area contributed by atoms with Crippen LogP contribution in [0, 0.1) is 13.8 Å². The molecule has 1 aliphatic rings. The first-order valence-corrected chi connectivity index (χ1v) is 9.19. The zero-order chi connectivity index (χ0) is 19.3. The monoisotopic (exact) mass is 367 g/mol. The van der Waals surface area contributed by atoms with Crippen LogP contribution in [0.25, 0.3) is 24.3 Å². The molecule has 4 nitrogen and oxygen atoms in total. The van der Waals surface area contributed by atoms with Gasteiger partial charge in [0.2, 0.25) is 0 Å². The Labute approximate surface area is 164 Å². The lowest BCUT2D eigenvalue weighted by Crippen LogP contribution is -1.84. The number of aliphatic imine (C=N–C) groups is 1. The van der Waals surface area contributed by atoms with E-state index in [4.69, 9.17) is 4.52 Å². The summed E-state index contributed by atoms with van der Waals surface area (Å²) >= 11 is 0. The minimum Gasteiger partial charge on any atom is -0.361 e. The molecule has 3 aromatic rings. The zero-order valence-electron chi connectivity index (χ0n) is 15.9. The second-order valence-electron chi connectivity index (χ2n) is 6.62. The van der Waals surface area contributed by atoms with Crippen LogP contribution in [-0.4, -0.2) is 15.9 Å². The van der Waals surface area contributed by atoms with E-state index in [2.05, 4.69) is 51.6 Å². The Hall–Kier alpha value is -3.66. The van der Waals surface area contributed by atoms with Gasteiger partial charge in [-0.3, -0.25) is 0 Å². The van der Waals surface area contributed by atoms with E-state index in [1.807, 2.05) is 62.4 Å². The summed E-state index contributed by atoms with van der Waals surface area (Å²) in [5, 5.41) is 3.96. The number of aromatic nitrogens is 2. The molecule has 0 aliphatic carbocycles. The number of allylic oxidation sites excluding steroid dienone is 3. The van der Waals surface area contributed by atoms with Crippen LogP contribution in [0.5, 0.6) is 0 Å². The number of H-pyrrole nitrogens is 1. The zero-order valence-corrected chi connectivity index (χ0v) is 15.9. The van der Waals surface area contributed by atoms with Crippen molar-refractivity contribution in [2.75, 3.05) is 0 Å². The predicted octanol–water partition coefficient (Wildman–Crippen LogP) is 5.86. The van der Waals surface area contributed by atoms with Gasteiger partial charge < -0.3 is 9.51 Å². The molecule has 4 heteroatoms. The van der Waals surface area contributed by atoms with Gasteiger partial charge in [-0.25, -0.2) is 4.99 Å². The first-order chi connectivity index (χ1) is 13.7. The largest absolute Gasteiger partial charge is 0.361 e. The van der Waals surface area contributed by atoms with Gasteiger partial charge in [0.05, 0.1) is 17.1 Å². The summed E-state index contributed by atoms with van der Waals surface area (Å²) in [5.41, 5.74) is 6.96. The van der Waals surface area contributed by atoms with Crippen molar-refractivity contribution < 1.29 is 4.52 Å². The van der Waals surface area contributed by atoms with E-state index in [-0.39, 0.29) is 0 Å². The first-order valence-electron chi connectivity index (χ1n) is 9.19. The fourth-order valence-electron chi connectivity index (χ4n) is 2.98. The number of benzene rings is 1. The second kappa shape index (κ2) is 7.92. The molecule has 1 aromatic carbocycles. The van der Waals surface area contributed by atoms with Crippen molar-refractivity contribution in [3.63, 3.8) is 0 Å². The van der Waals surface area contributed by atoms with Gasteiger partial charge in [0.15, 0.2) is 0 Å². The molecule has 2 aromatic heterocycles. The summed E-state index contributed by atoms with van der Waals surface area (Å²) in [6.07, 6.45) is 14.2. The van der Waals surface area contributed by atoms with Crippen LogP contribution < -0.4 is 0 Å². The van der Waals surface area contributed by atoms with Gasteiger partial charge in [-0.2, -0.15) is 0 Å². The minimum absolute atomic E-state index is 0.814. The molecule has 0 saturated carbocycles. The first kappa shape index (κ1) is 17.7. The lowest BCUT2D eigenvalue weighted by atomic mass is 10.2. The summed E-state index contributed by atoms with van der Waals surface area (Å²) in [7, 11) is 0. The van der Waals surface area contributed by atoms with Gasteiger partial charge >= 0.3 is 0 Å². The minimum atomic E-state index is 0.814. The standard InChI is InChI=1S/C24H21N3O/c1-17-24(18(2)28-27-17)15-14-21-11-13-23(26-21)16-22-12-10-20(25-22)9-8-19-6-4-3-5-7-19/h3-16,25H,1-2H3/b9-8+,15-14+,23-16-. The van der Waals surface area contributed by atoms with Crippen LogP contribution in [0.3, 0.4) is 0 Å². The molecule has 0 radical (unpaired) electrons. The number of nitrogens with one attached hydrogen (secondary N) is 1. The van der Waals surface area contributed by atoms with Gasteiger partial charge in [-0.15, -0.1) is 0 Å². The molecule has 0 bridgehead atoms. The van der Waals surface area contributed by atoms with E-state index in [1.165, 1.54) is 5.56 Å². The molecule has 0 unspecified atom stereocenters. The van der Waals surface area contributed by atoms with Crippen LogP contribution in [0.4, 0.5) is 0 Å². The van der Waals surface area contributed by atoms with Crippen molar-refractivity contribution in [3.05, 3.63) is 100 Å². The van der Waals surface area contributed by atoms with Gasteiger partial charge in [0.1, 0.15) is 5.76 Å². The maximum atomic E-state index is 5.18. The SMILES string of the molecule is Cc1noc(C)c1/C=C/C1=NC(=C\c2ccc(/C=C/c3ccccc3)[nH]2)/C=C1. The highest BCUT2D eigenvalue weighted by molar-refractivity contribution is 6.09. The van der Waals surface area contributed by atoms with Crippen LogP contribution in [0.15, 0.2) is 75.9 Å². The van der Waals surface area contributed by atoms with Crippen molar-refractivity contribution in [1.29, 1.82) is 0 Å². The molecular formula is C24H21N3O. The average Bonchev–Trinajstić information content (AvgIpc) is 3.42. The molecular weight excluding hydrogens is 346 g/mol. The third-order valence-electron chi connectivity index (χ3n) is 4.48. The lowest BCUT2D eigenvalue weighted by molar-refractivity contribution is 0.393. The average molecular weight is 367 g/mol. The van der Waals surface area contributed by atoms with E-state index in [0.717, 1.165) is 39.8 Å². The van der Waals surface area contributed by atoms with Crippen LogP contribution >= 0.6 is 0 Å². The topological polar surface area (TPSA) is 54.2 Å². The molecule has 0 amide bonds. The Morgan fingerprint density at radius 1 is 0.857 bits per heavy atom. The van der Waals surface area contributed by atoms with Crippen molar-refractivity contribution in [2.24, 2.45) is 4.99 Å². The Kier molecular flexibility index (Phi) is 5.02.